The lowest BCUT2D eigenvalue weighted by atomic mass is 9.40. The molecule has 8 unspecified atom stereocenters. The molecule has 0 heterocycles. The lowest BCUT2D eigenvalue weighted by Gasteiger charge is -2.66. The van der Waals surface area contributed by atoms with Gasteiger partial charge in [-0.1, -0.05) is 27.4 Å². The molecule has 0 aromatic carbocycles. The zero-order valence-electron chi connectivity index (χ0n) is 15.1. The first kappa shape index (κ1) is 17.0. The van der Waals surface area contributed by atoms with E-state index in [0.29, 0.717) is 17.9 Å². The summed E-state index contributed by atoms with van der Waals surface area (Å²) in [7, 11) is 0. The second-order valence-electron chi connectivity index (χ2n) is 10.1. The fourth-order valence-corrected chi connectivity index (χ4v) is 7.90. The van der Waals surface area contributed by atoms with E-state index < -0.39 is 23.2 Å². The second-order valence-corrected chi connectivity index (χ2v) is 10.1. The standard InChI is InChI=1S/C20H32O4/c1-11-15(22)19-7-5-13-17(2,3)9-12(21)10-18(13,4)14(19)6-8-20(11,24)16(19)23/h12-16,21-24H,1,5-10H2,2-4H3. The van der Waals surface area contributed by atoms with E-state index in [2.05, 4.69) is 27.4 Å². The minimum atomic E-state index is -1.35. The minimum absolute atomic E-state index is 0.0489. The Kier molecular flexibility index (Phi) is 3.29. The van der Waals surface area contributed by atoms with Gasteiger partial charge in [0.1, 0.15) is 5.60 Å². The smallest absolute Gasteiger partial charge is 0.114 e. The summed E-state index contributed by atoms with van der Waals surface area (Å²) < 4.78 is 0. The van der Waals surface area contributed by atoms with Crippen LogP contribution in [0.25, 0.3) is 0 Å². The molecule has 4 heteroatoms. The molecule has 1 spiro atoms. The molecule has 4 saturated carbocycles. The topological polar surface area (TPSA) is 80.9 Å². The van der Waals surface area contributed by atoms with Gasteiger partial charge in [-0.05, 0) is 66.8 Å². The molecule has 0 aromatic rings. The molecule has 4 aliphatic carbocycles. The molecule has 0 saturated heterocycles. The van der Waals surface area contributed by atoms with Crippen LogP contribution in [0.4, 0.5) is 0 Å². The van der Waals surface area contributed by atoms with E-state index in [1.807, 2.05) is 0 Å². The molecule has 0 aliphatic heterocycles. The van der Waals surface area contributed by atoms with Crippen molar-refractivity contribution < 1.29 is 20.4 Å². The van der Waals surface area contributed by atoms with Gasteiger partial charge in [0, 0.05) is 5.41 Å². The fraction of sp³-hybridized carbons (Fsp3) is 0.900. The summed E-state index contributed by atoms with van der Waals surface area (Å²) in [5.41, 5.74) is -1.74. The van der Waals surface area contributed by atoms with Gasteiger partial charge in [0.25, 0.3) is 0 Å². The van der Waals surface area contributed by atoms with E-state index in [4.69, 9.17) is 0 Å². The van der Waals surface area contributed by atoms with Crippen LogP contribution in [0.1, 0.15) is 59.3 Å². The monoisotopic (exact) mass is 336 g/mol. The fourth-order valence-electron chi connectivity index (χ4n) is 7.90. The van der Waals surface area contributed by atoms with Crippen molar-refractivity contribution in [1.29, 1.82) is 0 Å². The van der Waals surface area contributed by atoms with Crippen molar-refractivity contribution in [1.82, 2.24) is 0 Å². The molecule has 4 rings (SSSR count). The Labute approximate surface area is 144 Å². The number of aliphatic hydroxyl groups excluding tert-OH is 3. The van der Waals surface area contributed by atoms with Gasteiger partial charge in [-0.15, -0.1) is 0 Å². The Morgan fingerprint density at radius 3 is 2.25 bits per heavy atom. The van der Waals surface area contributed by atoms with Crippen molar-refractivity contribution in [2.24, 2.45) is 28.1 Å². The maximum atomic E-state index is 11.1. The van der Waals surface area contributed by atoms with Crippen LogP contribution in [0.5, 0.6) is 0 Å². The third-order valence-corrected chi connectivity index (χ3v) is 8.66. The van der Waals surface area contributed by atoms with Gasteiger partial charge < -0.3 is 20.4 Å². The molecular weight excluding hydrogens is 304 g/mol. The number of fused-ring (bicyclic) bond motifs is 3. The molecule has 136 valence electrons. The van der Waals surface area contributed by atoms with Crippen LogP contribution < -0.4 is 0 Å². The van der Waals surface area contributed by atoms with E-state index in [9.17, 15) is 20.4 Å². The summed E-state index contributed by atoms with van der Waals surface area (Å²) in [5.74, 6) is 0.561. The van der Waals surface area contributed by atoms with E-state index in [-0.39, 0.29) is 22.9 Å². The Hall–Kier alpha value is -0.420. The average Bonchev–Trinajstić information content (AvgIpc) is 2.55. The van der Waals surface area contributed by atoms with E-state index >= 15 is 0 Å². The first-order valence-corrected chi connectivity index (χ1v) is 9.46. The molecule has 2 bridgehead atoms. The zero-order chi connectivity index (χ0) is 17.7. The van der Waals surface area contributed by atoms with Crippen LogP contribution in [0, 0.1) is 28.1 Å². The molecule has 4 aliphatic rings. The highest BCUT2D eigenvalue weighted by atomic mass is 16.4. The highest BCUT2D eigenvalue weighted by molar-refractivity contribution is 5.38. The summed E-state index contributed by atoms with van der Waals surface area (Å²) in [5, 5.41) is 43.6. The van der Waals surface area contributed by atoms with Crippen LogP contribution in [-0.2, 0) is 0 Å². The van der Waals surface area contributed by atoms with Crippen LogP contribution in [0.15, 0.2) is 12.2 Å². The van der Waals surface area contributed by atoms with E-state index in [1.54, 1.807) is 0 Å². The summed E-state index contributed by atoms with van der Waals surface area (Å²) >= 11 is 0. The Morgan fingerprint density at radius 1 is 0.958 bits per heavy atom. The van der Waals surface area contributed by atoms with Crippen molar-refractivity contribution >= 4 is 0 Å². The highest BCUT2D eigenvalue weighted by Gasteiger charge is 2.74. The molecule has 0 radical (unpaired) electrons. The van der Waals surface area contributed by atoms with Crippen LogP contribution >= 0.6 is 0 Å². The number of aliphatic hydroxyl groups is 4. The summed E-state index contributed by atoms with van der Waals surface area (Å²) in [6.07, 6.45) is 2.26. The Morgan fingerprint density at radius 2 is 1.58 bits per heavy atom. The van der Waals surface area contributed by atoms with Crippen LogP contribution in [-0.4, -0.2) is 44.3 Å². The number of hydrogen-bond donors (Lipinski definition) is 4. The maximum Gasteiger partial charge on any atom is 0.114 e. The van der Waals surface area contributed by atoms with Crippen molar-refractivity contribution in [2.75, 3.05) is 0 Å². The number of hydrogen-bond acceptors (Lipinski definition) is 4. The van der Waals surface area contributed by atoms with Crippen molar-refractivity contribution in [3.63, 3.8) is 0 Å². The quantitative estimate of drug-likeness (QED) is 0.510. The van der Waals surface area contributed by atoms with E-state index in [0.717, 1.165) is 32.1 Å². The third kappa shape index (κ3) is 1.69. The predicted octanol–water partition coefficient (Wildman–Crippen LogP) is 2.00. The maximum absolute atomic E-state index is 11.1. The van der Waals surface area contributed by atoms with E-state index in [1.165, 1.54) is 0 Å². The van der Waals surface area contributed by atoms with Crippen molar-refractivity contribution in [3.05, 3.63) is 12.2 Å². The SMILES string of the molecule is C=C1C(O)C23CCC4C(C)(C)CC(O)CC4(C)C2CCC1(O)C3O. The molecule has 8 atom stereocenters. The normalized spacial score (nSPS) is 59.0. The molecule has 0 amide bonds. The summed E-state index contributed by atoms with van der Waals surface area (Å²) in [6.45, 7) is 10.7. The van der Waals surface area contributed by atoms with Gasteiger partial charge in [0.15, 0.2) is 0 Å². The minimum Gasteiger partial charge on any atom is -0.393 e. The van der Waals surface area contributed by atoms with Gasteiger partial charge in [0.05, 0.1) is 18.3 Å². The molecule has 0 aromatic heterocycles. The van der Waals surface area contributed by atoms with Gasteiger partial charge in [-0.3, -0.25) is 0 Å². The van der Waals surface area contributed by atoms with Gasteiger partial charge >= 0.3 is 0 Å². The Balaban J connectivity index is 1.84. The Bertz CT molecular complexity index is 586. The first-order valence-electron chi connectivity index (χ1n) is 9.46. The van der Waals surface area contributed by atoms with Crippen molar-refractivity contribution in [3.8, 4) is 0 Å². The van der Waals surface area contributed by atoms with Gasteiger partial charge in [-0.25, -0.2) is 0 Å². The highest BCUT2D eigenvalue weighted by Crippen LogP contribution is 2.72. The lowest BCUT2D eigenvalue weighted by molar-refractivity contribution is -0.237. The van der Waals surface area contributed by atoms with Crippen LogP contribution in [0.3, 0.4) is 0 Å². The number of rotatable bonds is 0. The summed E-state index contributed by atoms with van der Waals surface area (Å²) in [6, 6.07) is 0. The lowest BCUT2D eigenvalue weighted by Crippen LogP contribution is -2.65. The van der Waals surface area contributed by atoms with Gasteiger partial charge in [0.2, 0.25) is 0 Å². The first-order chi connectivity index (χ1) is 11.0. The third-order valence-electron chi connectivity index (χ3n) is 8.66. The van der Waals surface area contributed by atoms with Crippen LogP contribution in [0.2, 0.25) is 0 Å². The summed E-state index contributed by atoms with van der Waals surface area (Å²) in [4.78, 5) is 0. The molecule has 4 fully saturated rings. The zero-order valence-corrected chi connectivity index (χ0v) is 15.1. The second kappa shape index (κ2) is 4.64. The molecular formula is C20H32O4. The predicted molar refractivity (Wildman–Crippen MR) is 91.1 cm³/mol. The average molecular weight is 336 g/mol. The molecule has 24 heavy (non-hydrogen) atoms. The largest absolute Gasteiger partial charge is 0.393 e. The van der Waals surface area contributed by atoms with Gasteiger partial charge in [-0.2, -0.15) is 0 Å². The molecule has 4 N–H and O–H groups in total. The van der Waals surface area contributed by atoms with Crippen molar-refractivity contribution in [2.45, 2.75) is 83.2 Å². The molecule has 4 nitrogen and oxygen atoms in total.